The van der Waals surface area contributed by atoms with Crippen molar-refractivity contribution in [3.8, 4) is 0 Å². The molecule has 0 aliphatic heterocycles. The van der Waals surface area contributed by atoms with Gasteiger partial charge in [-0.1, -0.05) is 34.1 Å². The number of para-hydroxylation sites is 1. The Kier molecular flexibility index (Phi) is 4.02. The second-order valence-corrected chi connectivity index (χ2v) is 5.04. The topological polar surface area (TPSA) is 3.24 Å². The van der Waals surface area contributed by atoms with Crippen LogP contribution in [0.25, 0.3) is 0 Å². The van der Waals surface area contributed by atoms with Crippen LogP contribution in [0.4, 0.5) is 15.8 Å². The van der Waals surface area contributed by atoms with Gasteiger partial charge in [-0.05, 0) is 43.7 Å². The number of nitrogens with zero attached hydrogens (tertiary/aromatic N) is 1. The molecule has 0 saturated heterocycles. The molecule has 0 atom stereocenters. The van der Waals surface area contributed by atoms with Crippen molar-refractivity contribution >= 4 is 27.3 Å². The largest absolute Gasteiger partial charge is 0.339 e. The summed E-state index contributed by atoms with van der Waals surface area (Å²) in [5, 5.41) is 0. The Morgan fingerprint density at radius 1 is 1.11 bits per heavy atom. The molecule has 0 bridgehead atoms. The summed E-state index contributed by atoms with van der Waals surface area (Å²) >= 11 is 3.28. The molecule has 0 spiro atoms. The van der Waals surface area contributed by atoms with Crippen LogP contribution in [0, 0.1) is 12.7 Å². The van der Waals surface area contributed by atoms with Crippen molar-refractivity contribution in [3.05, 3.63) is 58.3 Å². The minimum atomic E-state index is -0.213. The second-order valence-electron chi connectivity index (χ2n) is 4.13. The lowest BCUT2D eigenvalue weighted by Gasteiger charge is -2.25. The molecule has 2 aromatic rings. The summed E-state index contributed by atoms with van der Waals surface area (Å²) in [7, 11) is 0. The number of hydrogen-bond acceptors (Lipinski definition) is 1. The van der Waals surface area contributed by atoms with E-state index in [-0.39, 0.29) is 5.82 Å². The van der Waals surface area contributed by atoms with E-state index in [0.717, 1.165) is 22.3 Å². The first-order valence-electron chi connectivity index (χ1n) is 5.91. The molecule has 0 aliphatic rings. The van der Waals surface area contributed by atoms with E-state index in [1.807, 2.05) is 49.1 Å². The highest BCUT2D eigenvalue weighted by Gasteiger charge is 2.13. The van der Waals surface area contributed by atoms with E-state index in [1.54, 1.807) is 6.07 Å². The average Bonchev–Trinajstić information content (AvgIpc) is 2.34. The first-order chi connectivity index (χ1) is 8.63. The molecule has 1 nitrogen and oxygen atoms in total. The van der Waals surface area contributed by atoms with E-state index < -0.39 is 0 Å². The summed E-state index contributed by atoms with van der Waals surface area (Å²) in [6, 6.07) is 13.2. The van der Waals surface area contributed by atoms with Crippen molar-refractivity contribution in [2.24, 2.45) is 0 Å². The molecule has 2 aromatic carbocycles. The summed E-state index contributed by atoms with van der Waals surface area (Å²) in [6.07, 6.45) is 0. The molecule has 0 fully saturated rings. The van der Waals surface area contributed by atoms with Gasteiger partial charge >= 0.3 is 0 Å². The van der Waals surface area contributed by atoms with Crippen molar-refractivity contribution in [2.75, 3.05) is 11.4 Å². The van der Waals surface area contributed by atoms with Gasteiger partial charge in [0.05, 0.1) is 5.69 Å². The zero-order valence-electron chi connectivity index (χ0n) is 10.5. The molecule has 3 heteroatoms. The number of rotatable bonds is 3. The standard InChI is InChI=1S/C15H15BrFN/c1-3-18(14-7-5-4-6-11(14)2)15-9-8-12(16)10-13(15)17/h4-10H,3H2,1-2H3. The Hall–Kier alpha value is -1.35. The zero-order valence-corrected chi connectivity index (χ0v) is 12.0. The van der Waals surface area contributed by atoms with Crippen LogP contribution in [-0.4, -0.2) is 6.54 Å². The van der Waals surface area contributed by atoms with E-state index in [4.69, 9.17) is 0 Å². The maximum atomic E-state index is 14.0. The fourth-order valence-electron chi connectivity index (χ4n) is 2.04. The summed E-state index contributed by atoms with van der Waals surface area (Å²) in [5.41, 5.74) is 2.79. The van der Waals surface area contributed by atoms with Crippen LogP contribution in [0.15, 0.2) is 46.9 Å². The van der Waals surface area contributed by atoms with Crippen LogP contribution in [0.2, 0.25) is 0 Å². The maximum absolute atomic E-state index is 14.0. The van der Waals surface area contributed by atoms with Gasteiger partial charge in [0.2, 0.25) is 0 Å². The third-order valence-corrected chi connectivity index (χ3v) is 3.42. The van der Waals surface area contributed by atoms with E-state index in [2.05, 4.69) is 15.9 Å². The van der Waals surface area contributed by atoms with Crippen LogP contribution in [0.1, 0.15) is 12.5 Å². The average molecular weight is 308 g/mol. The Morgan fingerprint density at radius 3 is 2.44 bits per heavy atom. The predicted molar refractivity (Wildman–Crippen MR) is 78.0 cm³/mol. The van der Waals surface area contributed by atoms with Crippen molar-refractivity contribution in [1.82, 2.24) is 0 Å². The van der Waals surface area contributed by atoms with Gasteiger partial charge in [-0.15, -0.1) is 0 Å². The molecule has 0 aliphatic carbocycles. The van der Waals surface area contributed by atoms with Crippen LogP contribution in [-0.2, 0) is 0 Å². The minimum Gasteiger partial charge on any atom is -0.339 e. The number of hydrogen-bond donors (Lipinski definition) is 0. The van der Waals surface area contributed by atoms with Gasteiger partial charge in [-0.3, -0.25) is 0 Å². The molecule has 94 valence electrons. The van der Waals surface area contributed by atoms with Gasteiger partial charge in [-0.2, -0.15) is 0 Å². The minimum absolute atomic E-state index is 0.213. The van der Waals surface area contributed by atoms with Gasteiger partial charge in [0.1, 0.15) is 5.82 Å². The molecule has 0 unspecified atom stereocenters. The molecule has 0 N–H and O–H groups in total. The molecule has 0 radical (unpaired) electrons. The van der Waals surface area contributed by atoms with Gasteiger partial charge in [-0.25, -0.2) is 4.39 Å². The molecule has 18 heavy (non-hydrogen) atoms. The third kappa shape index (κ3) is 2.56. The van der Waals surface area contributed by atoms with Crippen LogP contribution < -0.4 is 4.90 Å². The normalized spacial score (nSPS) is 10.4. The highest BCUT2D eigenvalue weighted by atomic mass is 79.9. The SMILES string of the molecule is CCN(c1ccccc1C)c1ccc(Br)cc1F. The van der Waals surface area contributed by atoms with Gasteiger partial charge in [0.25, 0.3) is 0 Å². The van der Waals surface area contributed by atoms with E-state index in [0.29, 0.717) is 5.69 Å². The zero-order chi connectivity index (χ0) is 13.1. The van der Waals surface area contributed by atoms with E-state index in [9.17, 15) is 4.39 Å². The molecule has 0 aromatic heterocycles. The Balaban J connectivity index is 2.49. The Morgan fingerprint density at radius 2 is 1.83 bits per heavy atom. The summed E-state index contributed by atoms with van der Waals surface area (Å²) in [5.74, 6) is -0.213. The molecular weight excluding hydrogens is 293 g/mol. The molecule has 2 rings (SSSR count). The monoisotopic (exact) mass is 307 g/mol. The number of halogens is 2. The second kappa shape index (κ2) is 5.53. The fraction of sp³-hybridized carbons (Fsp3) is 0.200. The summed E-state index contributed by atoms with van der Waals surface area (Å²) in [6.45, 7) is 4.78. The van der Waals surface area contributed by atoms with Crippen LogP contribution in [0.3, 0.4) is 0 Å². The molecule has 0 heterocycles. The lowest BCUT2D eigenvalue weighted by atomic mass is 10.1. The Bertz CT molecular complexity index is 554. The van der Waals surface area contributed by atoms with E-state index >= 15 is 0 Å². The smallest absolute Gasteiger partial charge is 0.147 e. The molecular formula is C15H15BrFN. The van der Waals surface area contributed by atoms with Crippen molar-refractivity contribution in [3.63, 3.8) is 0 Å². The number of anilines is 2. The summed E-state index contributed by atoms with van der Waals surface area (Å²) < 4.78 is 14.8. The third-order valence-electron chi connectivity index (χ3n) is 2.92. The lowest BCUT2D eigenvalue weighted by Crippen LogP contribution is -2.18. The maximum Gasteiger partial charge on any atom is 0.147 e. The number of benzene rings is 2. The van der Waals surface area contributed by atoms with E-state index in [1.165, 1.54) is 6.07 Å². The Labute approximate surface area is 115 Å². The van der Waals surface area contributed by atoms with Crippen LogP contribution in [0.5, 0.6) is 0 Å². The predicted octanol–water partition coefficient (Wildman–Crippen LogP) is 5.05. The highest BCUT2D eigenvalue weighted by Crippen LogP contribution is 2.31. The van der Waals surface area contributed by atoms with Gasteiger partial charge in [0, 0.05) is 16.7 Å². The van der Waals surface area contributed by atoms with Crippen molar-refractivity contribution in [2.45, 2.75) is 13.8 Å². The fourth-order valence-corrected chi connectivity index (χ4v) is 2.37. The van der Waals surface area contributed by atoms with Gasteiger partial charge < -0.3 is 4.90 Å². The van der Waals surface area contributed by atoms with Crippen molar-refractivity contribution < 1.29 is 4.39 Å². The summed E-state index contributed by atoms with van der Waals surface area (Å²) in [4.78, 5) is 1.98. The number of aryl methyl sites for hydroxylation is 1. The molecule has 0 amide bonds. The lowest BCUT2D eigenvalue weighted by molar-refractivity contribution is 0.625. The van der Waals surface area contributed by atoms with Gasteiger partial charge in [0.15, 0.2) is 0 Å². The quantitative estimate of drug-likeness (QED) is 0.766. The first-order valence-corrected chi connectivity index (χ1v) is 6.71. The first kappa shape index (κ1) is 13.1. The van der Waals surface area contributed by atoms with Crippen molar-refractivity contribution in [1.29, 1.82) is 0 Å². The van der Waals surface area contributed by atoms with Crippen LogP contribution >= 0.6 is 15.9 Å². The highest BCUT2D eigenvalue weighted by molar-refractivity contribution is 9.10. The molecule has 0 saturated carbocycles.